The molecule has 1 saturated carbocycles. The number of hydrogen-bond donors (Lipinski definition) is 1. The molecule has 1 aliphatic carbocycles. The minimum Gasteiger partial charge on any atom is -0.497 e. The molecule has 1 fully saturated rings. The molecule has 4 heteroatoms. The van der Waals surface area contributed by atoms with Gasteiger partial charge in [-0.15, -0.1) is 0 Å². The summed E-state index contributed by atoms with van der Waals surface area (Å²) in [6.07, 6.45) is 5.19. The molecule has 1 aliphatic rings. The molecule has 0 radical (unpaired) electrons. The van der Waals surface area contributed by atoms with Crippen LogP contribution in [-0.2, 0) is 11.3 Å². The van der Waals surface area contributed by atoms with E-state index in [9.17, 15) is 0 Å². The van der Waals surface area contributed by atoms with Gasteiger partial charge in [0.2, 0.25) is 0 Å². The lowest BCUT2D eigenvalue weighted by molar-refractivity contribution is 0.0412. The zero-order valence-electron chi connectivity index (χ0n) is 12.6. The van der Waals surface area contributed by atoms with Crippen LogP contribution in [0.15, 0.2) is 18.2 Å². The van der Waals surface area contributed by atoms with Crippen molar-refractivity contribution in [2.24, 2.45) is 0 Å². The molecule has 0 spiro atoms. The third kappa shape index (κ3) is 3.64. The quantitative estimate of drug-likeness (QED) is 0.869. The van der Waals surface area contributed by atoms with Crippen molar-refractivity contribution in [2.45, 2.75) is 44.4 Å². The van der Waals surface area contributed by atoms with Crippen LogP contribution >= 0.6 is 0 Å². The Bertz CT molecular complexity index is 422. The Morgan fingerprint density at radius 2 is 1.90 bits per heavy atom. The highest BCUT2D eigenvalue weighted by atomic mass is 16.5. The van der Waals surface area contributed by atoms with E-state index >= 15 is 0 Å². The van der Waals surface area contributed by atoms with E-state index in [-0.39, 0.29) is 0 Å². The fourth-order valence-corrected chi connectivity index (χ4v) is 2.85. The number of hydrogen-bond acceptors (Lipinski definition) is 4. The van der Waals surface area contributed by atoms with Crippen molar-refractivity contribution in [1.82, 2.24) is 5.32 Å². The van der Waals surface area contributed by atoms with E-state index in [1.807, 2.05) is 12.1 Å². The SMILES string of the molecule is COc1ccc(CN[C@H]2CCCC[C@H]2OC)c(OC)c1. The highest BCUT2D eigenvalue weighted by Crippen LogP contribution is 2.26. The molecule has 1 aromatic carbocycles. The van der Waals surface area contributed by atoms with Gasteiger partial charge in [-0.25, -0.2) is 0 Å². The van der Waals surface area contributed by atoms with Crippen LogP contribution in [0.2, 0.25) is 0 Å². The second kappa shape index (κ2) is 7.50. The van der Waals surface area contributed by atoms with Crippen LogP contribution in [0.1, 0.15) is 31.2 Å². The van der Waals surface area contributed by atoms with Crippen LogP contribution in [0.4, 0.5) is 0 Å². The monoisotopic (exact) mass is 279 g/mol. The summed E-state index contributed by atoms with van der Waals surface area (Å²) < 4.78 is 16.2. The fourth-order valence-electron chi connectivity index (χ4n) is 2.85. The zero-order chi connectivity index (χ0) is 14.4. The smallest absolute Gasteiger partial charge is 0.127 e. The Balaban J connectivity index is 1.99. The second-order valence-corrected chi connectivity index (χ2v) is 5.22. The van der Waals surface area contributed by atoms with Gasteiger partial charge in [-0.3, -0.25) is 0 Å². The summed E-state index contributed by atoms with van der Waals surface area (Å²) in [5.74, 6) is 1.68. The van der Waals surface area contributed by atoms with E-state index in [4.69, 9.17) is 14.2 Å². The van der Waals surface area contributed by atoms with Gasteiger partial charge in [0.05, 0.1) is 20.3 Å². The molecular formula is C16H25NO3. The molecule has 112 valence electrons. The molecule has 1 aromatic rings. The van der Waals surface area contributed by atoms with Crippen LogP contribution < -0.4 is 14.8 Å². The highest BCUT2D eigenvalue weighted by molar-refractivity contribution is 5.40. The van der Waals surface area contributed by atoms with Crippen molar-refractivity contribution in [3.8, 4) is 11.5 Å². The first-order valence-electron chi connectivity index (χ1n) is 7.25. The van der Waals surface area contributed by atoms with Gasteiger partial charge in [0, 0.05) is 31.3 Å². The summed E-state index contributed by atoms with van der Waals surface area (Å²) in [6.45, 7) is 0.789. The molecule has 0 amide bonds. The van der Waals surface area contributed by atoms with E-state index in [1.165, 1.54) is 19.3 Å². The summed E-state index contributed by atoms with van der Waals surface area (Å²) in [4.78, 5) is 0. The molecule has 20 heavy (non-hydrogen) atoms. The molecular weight excluding hydrogens is 254 g/mol. The molecule has 4 nitrogen and oxygen atoms in total. The Morgan fingerprint density at radius 1 is 1.10 bits per heavy atom. The van der Waals surface area contributed by atoms with Crippen LogP contribution in [0.5, 0.6) is 11.5 Å². The van der Waals surface area contributed by atoms with Crippen molar-refractivity contribution in [2.75, 3.05) is 21.3 Å². The third-order valence-corrected chi connectivity index (χ3v) is 4.05. The summed E-state index contributed by atoms with van der Waals surface area (Å²) in [7, 11) is 5.16. The van der Waals surface area contributed by atoms with E-state index in [0.29, 0.717) is 12.1 Å². The van der Waals surface area contributed by atoms with Crippen LogP contribution in [0.25, 0.3) is 0 Å². The Morgan fingerprint density at radius 3 is 2.60 bits per heavy atom. The number of rotatable bonds is 6. The molecule has 0 bridgehead atoms. The van der Waals surface area contributed by atoms with E-state index in [2.05, 4.69) is 11.4 Å². The largest absolute Gasteiger partial charge is 0.497 e. The van der Waals surface area contributed by atoms with Gasteiger partial charge in [0.15, 0.2) is 0 Å². The van der Waals surface area contributed by atoms with Crippen molar-refractivity contribution >= 4 is 0 Å². The standard InChI is InChI=1S/C16H25NO3/c1-18-13-9-8-12(16(10-13)20-3)11-17-14-6-4-5-7-15(14)19-2/h8-10,14-15,17H,4-7,11H2,1-3H3/t14-,15+/m0/s1. The maximum absolute atomic E-state index is 5.57. The molecule has 2 atom stereocenters. The van der Waals surface area contributed by atoms with Crippen LogP contribution in [0.3, 0.4) is 0 Å². The fraction of sp³-hybridized carbons (Fsp3) is 0.625. The van der Waals surface area contributed by atoms with E-state index in [0.717, 1.165) is 30.0 Å². The predicted molar refractivity (Wildman–Crippen MR) is 79.4 cm³/mol. The number of methoxy groups -OCH3 is 3. The van der Waals surface area contributed by atoms with Crippen LogP contribution in [0, 0.1) is 0 Å². The van der Waals surface area contributed by atoms with Crippen molar-refractivity contribution in [3.05, 3.63) is 23.8 Å². The van der Waals surface area contributed by atoms with Crippen molar-refractivity contribution in [3.63, 3.8) is 0 Å². The second-order valence-electron chi connectivity index (χ2n) is 5.22. The van der Waals surface area contributed by atoms with Gasteiger partial charge in [-0.1, -0.05) is 18.9 Å². The summed E-state index contributed by atoms with van der Waals surface area (Å²) in [6, 6.07) is 6.37. The lowest BCUT2D eigenvalue weighted by atomic mass is 9.92. The van der Waals surface area contributed by atoms with Gasteiger partial charge in [0.1, 0.15) is 11.5 Å². The van der Waals surface area contributed by atoms with Crippen LogP contribution in [-0.4, -0.2) is 33.5 Å². The van der Waals surface area contributed by atoms with Gasteiger partial charge >= 0.3 is 0 Å². The zero-order valence-corrected chi connectivity index (χ0v) is 12.6. The first kappa shape index (κ1) is 15.1. The topological polar surface area (TPSA) is 39.7 Å². The van der Waals surface area contributed by atoms with Gasteiger partial charge in [-0.05, 0) is 18.9 Å². The number of ether oxygens (including phenoxy) is 3. The number of nitrogens with one attached hydrogen (secondary N) is 1. The molecule has 2 rings (SSSR count). The predicted octanol–water partition coefficient (Wildman–Crippen LogP) is 2.75. The maximum Gasteiger partial charge on any atom is 0.127 e. The minimum absolute atomic E-state index is 0.327. The maximum atomic E-state index is 5.57. The summed E-state index contributed by atoms with van der Waals surface area (Å²) in [5.41, 5.74) is 1.15. The van der Waals surface area contributed by atoms with Crippen molar-refractivity contribution in [1.29, 1.82) is 0 Å². The molecule has 0 unspecified atom stereocenters. The Labute approximate surface area is 121 Å². The van der Waals surface area contributed by atoms with Gasteiger partial charge in [0.25, 0.3) is 0 Å². The van der Waals surface area contributed by atoms with Gasteiger partial charge < -0.3 is 19.5 Å². The number of benzene rings is 1. The summed E-state index contributed by atoms with van der Waals surface area (Å²) in [5, 5.41) is 3.61. The lowest BCUT2D eigenvalue weighted by Gasteiger charge is -2.31. The van der Waals surface area contributed by atoms with E-state index in [1.54, 1.807) is 21.3 Å². The minimum atomic E-state index is 0.327. The van der Waals surface area contributed by atoms with Gasteiger partial charge in [-0.2, -0.15) is 0 Å². The molecule has 1 N–H and O–H groups in total. The Kier molecular flexibility index (Phi) is 5.68. The Hall–Kier alpha value is -1.26. The molecule has 0 saturated heterocycles. The molecule has 0 heterocycles. The van der Waals surface area contributed by atoms with E-state index < -0.39 is 0 Å². The average molecular weight is 279 g/mol. The third-order valence-electron chi connectivity index (χ3n) is 4.05. The molecule has 0 aromatic heterocycles. The average Bonchev–Trinajstić information content (AvgIpc) is 2.52. The summed E-state index contributed by atoms with van der Waals surface area (Å²) >= 11 is 0. The lowest BCUT2D eigenvalue weighted by Crippen LogP contribution is -2.42. The van der Waals surface area contributed by atoms with Crippen molar-refractivity contribution < 1.29 is 14.2 Å². The first-order valence-corrected chi connectivity index (χ1v) is 7.25. The molecule has 0 aliphatic heterocycles. The highest BCUT2D eigenvalue weighted by Gasteiger charge is 2.24. The first-order chi connectivity index (χ1) is 9.78. The normalized spacial score (nSPS) is 22.6.